The van der Waals surface area contributed by atoms with Gasteiger partial charge in [0.15, 0.2) is 0 Å². The molecule has 1 aromatic rings. The van der Waals surface area contributed by atoms with E-state index in [0.29, 0.717) is 18.0 Å². The number of thiophene rings is 1. The normalized spacial score (nSPS) is 21.2. The molecule has 1 fully saturated rings. The molecule has 0 bridgehead atoms. The smallest absolute Gasteiger partial charge is 0.0386 e. The first-order valence-electron chi connectivity index (χ1n) is 7.77. The number of hydrogen-bond donors (Lipinski definition) is 1. The van der Waals surface area contributed by atoms with Gasteiger partial charge in [0.2, 0.25) is 0 Å². The lowest BCUT2D eigenvalue weighted by Gasteiger charge is -2.40. The maximum absolute atomic E-state index is 3.73. The topological polar surface area (TPSA) is 18.5 Å². The molecule has 2 rings (SSSR count). The minimum Gasteiger partial charge on any atom is -0.308 e. The summed E-state index contributed by atoms with van der Waals surface area (Å²) in [7, 11) is 2.22. The van der Waals surface area contributed by atoms with Crippen LogP contribution in [0, 0.1) is 5.92 Å². The molecular weight excluding hydrogens is 266 g/mol. The number of rotatable bonds is 6. The van der Waals surface area contributed by atoms with Gasteiger partial charge in [-0.2, -0.15) is 0 Å². The highest BCUT2D eigenvalue weighted by molar-refractivity contribution is 7.10. The molecule has 0 radical (unpaired) electrons. The molecule has 0 spiro atoms. The Morgan fingerprint density at radius 3 is 2.45 bits per heavy atom. The number of hydrogen-bond acceptors (Lipinski definition) is 4. The Kier molecular flexibility index (Phi) is 6.02. The van der Waals surface area contributed by atoms with Crippen LogP contribution in [0.15, 0.2) is 17.5 Å². The summed E-state index contributed by atoms with van der Waals surface area (Å²) >= 11 is 1.84. The first kappa shape index (κ1) is 16.0. The van der Waals surface area contributed by atoms with Gasteiger partial charge in [-0.3, -0.25) is 4.90 Å². The molecule has 0 saturated carbocycles. The second-order valence-electron chi connectivity index (χ2n) is 6.30. The molecule has 0 amide bonds. The lowest BCUT2D eigenvalue weighted by molar-refractivity contribution is 0.0864. The van der Waals surface area contributed by atoms with E-state index < -0.39 is 0 Å². The van der Waals surface area contributed by atoms with Gasteiger partial charge in [0.05, 0.1) is 0 Å². The first-order valence-corrected chi connectivity index (χ1v) is 8.65. The van der Waals surface area contributed by atoms with Crippen molar-refractivity contribution in [1.82, 2.24) is 15.1 Å². The van der Waals surface area contributed by atoms with E-state index in [1.165, 1.54) is 31.1 Å². The number of nitrogens with one attached hydrogen (secondary N) is 1. The third-order valence-corrected chi connectivity index (χ3v) is 5.43. The molecule has 20 heavy (non-hydrogen) atoms. The Balaban J connectivity index is 1.86. The van der Waals surface area contributed by atoms with Crippen molar-refractivity contribution < 1.29 is 0 Å². The van der Waals surface area contributed by atoms with E-state index in [9.17, 15) is 0 Å². The molecule has 114 valence electrons. The summed E-state index contributed by atoms with van der Waals surface area (Å²) in [4.78, 5) is 6.53. The van der Waals surface area contributed by atoms with Gasteiger partial charge in [0.1, 0.15) is 0 Å². The molecule has 2 unspecified atom stereocenters. The van der Waals surface area contributed by atoms with E-state index in [-0.39, 0.29) is 0 Å². The van der Waals surface area contributed by atoms with Gasteiger partial charge in [0, 0.05) is 49.7 Å². The van der Waals surface area contributed by atoms with Gasteiger partial charge in [0.25, 0.3) is 0 Å². The van der Waals surface area contributed by atoms with Crippen LogP contribution in [-0.4, -0.2) is 55.6 Å². The van der Waals surface area contributed by atoms with Crippen molar-refractivity contribution in [3.8, 4) is 0 Å². The quantitative estimate of drug-likeness (QED) is 0.870. The first-order chi connectivity index (χ1) is 9.58. The average molecular weight is 295 g/mol. The Morgan fingerprint density at radius 2 is 1.90 bits per heavy atom. The van der Waals surface area contributed by atoms with Crippen LogP contribution in [0.5, 0.6) is 0 Å². The van der Waals surface area contributed by atoms with Crippen LogP contribution in [0.4, 0.5) is 0 Å². The molecule has 0 aliphatic carbocycles. The highest BCUT2D eigenvalue weighted by atomic mass is 32.1. The van der Waals surface area contributed by atoms with Crippen molar-refractivity contribution >= 4 is 11.3 Å². The highest BCUT2D eigenvalue weighted by Crippen LogP contribution is 2.19. The molecule has 2 heterocycles. The van der Waals surface area contributed by atoms with Crippen molar-refractivity contribution in [3.05, 3.63) is 22.4 Å². The molecule has 0 aromatic carbocycles. The van der Waals surface area contributed by atoms with Gasteiger partial charge >= 0.3 is 0 Å². The molecule has 1 aliphatic rings. The van der Waals surface area contributed by atoms with Crippen molar-refractivity contribution in [2.45, 2.75) is 32.9 Å². The van der Waals surface area contributed by atoms with Gasteiger partial charge < -0.3 is 10.2 Å². The fourth-order valence-electron chi connectivity index (χ4n) is 2.88. The van der Waals surface area contributed by atoms with Gasteiger partial charge in [-0.05, 0) is 31.3 Å². The third-order valence-electron chi connectivity index (χ3n) is 4.38. The van der Waals surface area contributed by atoms with Gasteiger partial charge in [-0.15, -0.1) is 11.3 Å². The maximum atomic E-state index is 3.73. The molecule has 1 saturated heterocycles. The van der Waals surface area contributed by atoms with Crippen molar-refractivity contribution in [2.75, 3.05) is 39.8 Å². The number of likely N-dealkylation sites (N-methyl/N-ethyl adjacent to an activating group) is 1. The second-order valence-corrected chi connectivity index (χ2v) is 7.28. The fraction of sp³-hybridized carbons (Fsp3) is 0.750. The number of nitrogens with zero attached hydrogens (tertiary/aromatic N) is 2. The van der Waals surface area contributed by atoms with E-state index in [0.717, 1.165) is 6.54 Å². The zero-order valence-corrected chi connectivity index (χ0v) is 14.1. The Bertz CT molecular complexity index is 369. The number of piperazine rings is 1. The van der Waals surface area contributed by atoms with Crippen LogP contribution in [0.1, 0.15) is 31.7 Å². The lowest BCUT2D eigenvalue weighted by Crippen LogP contribution is -2.53. The molecule has 3 nitrogen and oxygen atoms in total. The molecule has 1 aromatic heterocycles. The van der Waals surface area contributed by atoms with Crippen molar-refractivity contribution in [1.29, 1.82) is 0 Å². The zero-order valence-electron chi connectivity index (χ0n) is 13.3. The van der Waals surface area contributed by atoms with Crippen LogP contribution in [0.2, 0.25) is 0 Å². The predicted molar refractivity (Wildman–Crippen MR) is 88.4 cm³/mol. The van der Waals surface area contributed by atoms with Gasteiger partial charge in [-0.25, -0.2) is 0 Å². The van der Waals surface area contributed by atoms with E-state index >= 15 is 0 Å². The summed E-state index contributed by atoms with van der Waals surface area (Å²) in [6.45, 7) is 12.9. The second kappa shape index (κ2) is 7.55. The van der Waals surface area contributed by atoms with E-state index in [2.05, 4.69) is 60.4 Å². The molecule has 2 atom stereocenters. The standard InChI is InChI=1S/C16H29N3S/c1-13(2)15(19-9-7-18(4)8-10-19)12-17-14(3)16-6-5-11-20-16/h5-6,11,13-15,17H,7-10,12H2,1-4H3. The summed E-state index contributed by atoms with van der Waals surface area (Å²) in [6.07, 6.45) is 0. The lowest BCUT2D eigenvalue weighted by atomic mass is 10.0. The Hall–Kier alpha value is -0.420. The largest absolute Gasteiger partial charge is 0.308 e. The summed E-state index contributed by atoms with van der Waals surface area (Å²) in [6, 6.07) is 5.47. The molecule has 4 heteroatoms. The highest BCUT2D eigenvalue weighted by Gasteiger charge is 2.25. The molecule has 1 N–H and O–H groups in total. The monoisotopic (exact) mass is 295 g/mol. The van der Waals surface area contributed by atoms with Crippen LogP contribution < -0.4 is 5.32 Å². The third kappa shape index (κ3) is 4.29. The average Bonchev–Trinajstić information content (AvgIpc) is 2.94. The minimum atomic E-state index is 0.462. The zero-order chi connectivity index (χ0) is 14.5. The summed E-state index contributed by atoms with van der Waals surface area (Å²) in [5, 5.41) is 5.89. The van der Waals surface area contributed by atoms with Crippen LogP contribution in [0.25, 0.3) is 0 Å². The van der Waals surface area contributed by atoms with E-state index in [4.69, 9.17) is 0 Å². The molecular formula is C16H29N3S. The Labute approximate surface area is 128 Å². The predicted octanol–water partition coefficient (Wildman–Crippen LogP) is 2.67. The van der Waals surface area contributed by atoms with Crippen LogP contribution >= 0.6 is 11.3 Å². The van der Waals surface area contributed by atoms with Crippen LogP contribution in [-0.2, 0) is 0 Å². The Morgan fingerprint density at radius 1 is 1.20 bits per heavy atom. The summed E-state index contributed by atoms with van der Waals surface area (Å²) in [5.41, 5.74) is 0. The fourth-order valence-corrected chi connectivity index (χ4v) is 3.63. The van der Waals surface area contributed by atoms with Crippen LogP contribution in [0.3, 0.4) is 0 Å². The SMILES string of the molecule is CC(NCC(C(C)C)N1CCN(C)CC1)c1cccs1. The van der Waals surface area contributed by atoms with Crippen molar-refractivity contribution in [3.63, 3.8) is 0 Å². The summed E-state index contributed by atoms with van der Waals surface area (Å²) < 4.78 is 0. The van der Waals surface area contributed by atoms with Crippen molar-refractivity contribution in [2.24, 2.45) is 5.92 Å². The van der Waals surface area contributed by atoms with E-state index in [1.54, 1.807) is 0 Å². The molecule has 1 aliphatic heterocycles. The minimum absolute atomic E-state index is 0.462. The summed E-state index contributed by atoms with van der Waals surface area (Å²) in [5.74, 6) is 0.696. The maximum Gasteiger partial charge on any atom is 0.0386 e. The van der Waals surface area contributed by atoms with E-state index in [1.807, 2.05) is 11.3 Å². The van der Waals surface area contributed by atoms with Gasteiger partial charge in [-0.1, -0.05) is 19.9 Å².